The van der Waals surface area contributed by atoms with Crippen LogP contribution in [0.2, 0.25) is 0 Å². The topological polar surface area (TPSA) is 69.6 Å². The summed E-state index contributed by atoms with van der Waals surface area (Å²) in [5.41, 5.74) is 7.61. The molecule has 20 heavy (non-hydrogen) atoms. The second-order valence-corrected chi connectivity index (χ2v) is 6.68. The van der Waals surface area contributed by atoms with Crippen molar-refractivity contribution in [3.8, 4) is 0 Å². The van der Waals surface area contributed by atoms with Gasteiger partial charge in [0.1, 0.15) is 10.9 Å². The second kappa shape index (κ2) is 4.48. The molecule has 2 aromatic heterocycles. The highest BCUT2D eigenvalue weighted by Gasteiger charge is 2.36. The van der Waals surface area contributed by atoms with E-state index in [9.17, 15) is 0 Å². The third kappa shape index (κ3) is 2.18. The maximum atomic E-state index is 5.82. The number of aryl methyl sites for hydroxylation is 1. The van der Waals surface area contributed by atoms with E-state index in [4.69, 9.17) is 5.73 Å². The number of rotatable bonds is 4. The van der Waals surface area contributed by atoms with Crippen LogP contribution >= 0.6 is 11.8 Å². The predicted molar refractivity (Wildman–Crippen MR) is 77.8 cm³/mol. The zero-order valence-corrected chi connectivity index (χ0v) is 12.2. The minimum Gasteiger partial charge on any atom is -0.397 e. The van der Waals surface area contributed by atoms with Crippen LogP contribution in [0.15, 0.2) is 22.4 Å². The molecule has 0 aromatic carbocycles. The van der Waals surface area contributed by atoms with Crippen molar-refractivity contribution in [2.24, 2.45) is 0 Å². The maximum absolute atomic E-state index is 5.82. The third-order valence-electron chi connectivity index (χ3n) is 3.87. The van der Waals surface area contributed by atoms with E-state index in [0.717, 1.165) is 21.4 Å². The Bertz CT molecular complexity index is 658. The van der Waals surface area contributed by atoms with Crippen molar-refractivity contribution in [1.29, 1.82) is 0 Å². The number of hydrogen-bond donors (Lipinski definition) is 1. The van der Waals surface area contributed by atoms with Gasteiger partial charge >= 0.3 is 0 Å². The summed E-state index contributed by atoms with van der Waals surface area (Å²) < 4.78 is 2.34. The Kier molecular flexibility index (Phi) is 2.73. The SMILES string of the molecule is Cc1cc(Sc2nnc(C3CC3)n2C2CC2)ncc1N. The van der Waals surface area contributed by atoms with Gasteiger partial charge in [-0.2, -0.15) is 0 Å². The molecule has 5 nitrogen and oxygen atoms in total. The van der Waals surface area contributed by atoms with Gasteiger partial charge < -0.3 is 10.3 Å². The van der Waals surface area contributed by atoms with E-state index >= 15 is 0 Å². The summed E-state index contributed by atoms with van der Waals surface area (Å²) in [6.07, 6.45) is 6.74. The van der Waals surface area contributed by atoms with Crippen LogP contribution in [0.1, 0.15) is 49.0 Å². The summed E-state index contributed by atoms with van der Waals surface area (Å²) in [6.45, 7) is 2.00. The van der Waals surface area contributed by atoms with Crippen molar-refractivity contribution >= 4 is 17.4 Å². The molecular formula is C14H17N5S. The minimum atomic E-state index is 0.609. The molecule has 0 unspecified atom stereocenters. The Morgan fingerprint density at radius 3 is 2.70 bits per heavy atom. The average Bonchev–Trinajstić information content (AvgIpc) is 3.33. The Labute approximate surface area is 122 Å². The molecule has 2 saturated carbocycles. The summed E-state index contributed by atoms with van der Waals surface area (Å²) >= 11 is 1.59. The number of anilines is 1. The first-order valence-corrected chi connectivity index (χ1v) is 7.89. The molecule has 6 heteroatoms. The van der Waals surface area contributed by atoms with E-state index < -0.39 is 0 Å². The lowest BCUT2D eigenvalue weighted by atomic mass is 10.3. The molecule has 0 atom stereocenters. The molecule has 2 aliphatic rings. The highest BCUT2D eigenvalue weighted by atomic mass is 32.2. The molecule has 2 aromatic rings. The van der Waals surface area contributed by atoms with Crippen molar-refractivity contribution < 1.29 is 0 Å². The number of hydrogen-bond acceptors (Lipinski definition) is 5. The number of nitrogens with two attached hydrogens (primary N) is 1. The molecule has 4 rings (SSSR count). The molecule has 0 saturated heterocycles. The first kappa shape index (κ1) is 12.2. The molecule has 2 heterocycles. The van der Waals surface area contributed by atoms with Gasteiger partial charge in [-0.05, 0) is 56.0 Å². The van der Waals surface area contributed by atoms with Gasteiger partial charge in [0.15, 0.2) is 5.16 Å². The highest BCUT2D eigenvalue weighted by molar-refractivity contribution is 7.99. The zero-order chi connectivity index (χ0) is 13.7. The molecule has 0 spiro atoms. The van der Waals surface area contributed by atoms with Crippen LogP contribution in [0, 0.1) is 6.92 Å². The van der Waals surface area contributed by atoms with Crippen molar-refractivity contribution in [3.05, 3.63) is 23.7 Å². The normalized spacial score (nSPS) is 18.4. The smallest absolute Gasteiger partial charge is 0.197 e. The lowest BCUT2D eigenvalue weighted by Crippen LogP contribution is -2.02. The molecule has 0 aliphatic heterocycles. The Balaban J connectivity index is 1.66. The minimum absolute atomic E-state index is 0.609. The Morgan fingerprint density at radius 1 is 1.25 bits per heavy atom. The van der Waals surface area contributed by atoms with Crippen molar-refractivity contribution in [2.75, 3.05) is 5.73 Å². The quantitative estimate of drug-likeness (QED) is 0.936. The van der Waals surface area contributed by atoms with E-state index in [2.05, 4.69) is 19.7 Å². The summed E-state index contributed by atoms with van der Waals surface area (Å²) in [4.78, 5) is 4.38. The molecule has 0 amide bonds. The monoisotopic (exact) mass is 287 g/mol. The van der Waals surface area contributed by atoms with Crippen LogP contribution in [0.25, 0.3) is 0 Å². The van der Waals surface area contributed by atoms with Crippen LogP contribution in [0.3, 0.4) is 0 Å². The van der Waals surface area contributed by atoms with Gasteiger partial charge in [-0.3, -0.25) is 0 Å². The zero-order valence-electron chi connectivity index (χ0n) is 11.4. The summed E-state index contributed by atoms with van der Waals surface area (Å²) in [5.74, 6) is 1.82. The van der Waals surface area contributed by atoms with Gasteiger partial charge in [0, 0.05) is 12.0 Å². The number of pyridine rings is 1. The summed E-state index contributed by atoms with van der Waals surface area (Å²) in [7, 11) is 0. The summed E-state index contributed by atoms with van der Waals surface area (Å²) in [5, 5.41) is 10.7. The van der Waals surface area contributed by atoms with Crippen LogP contribution < -0.4 is 5.73 Å². The first-order chi connectivity index (χ1) is 9.72. The maximum Gasteiger partial charge on any atom is 0.197 e. The fourth-order valence-electron chi connectivity index (χ4n) is 2.34. The van der Waals surface area contributed by atoms with Crippen LogP contribution in [-0.4, -0.2) is 19.7 Å². The predicted octanol–water partition coefficient (Wildman–Crippen LogP) is 2.93. The standard InChI is InChI=1S/C14H17N5S/c1-8-6-12(16-7-11(8)15)20-14-18-17-13(9-2-3-9)19(14)10-4-5-10/h6-7,9-10H,2-5,15H2,1H3. The van der Waals surface area contributed by atoms with E-state index in [0.29, 0.717) is 12.0 Å². The molecule has 0 bridgehead atoms. The second-order valence-electron chi connectivity index (χ2n) is 5.70. The molecule has 2 aliphatic carbocycles. The molecule has 0 radical (unpaired) electrons. The number of aromatic nitrogens is 4. The Morgan fingerprint density at radius 2 is 2.05 bits per heavy atom. The molecule has 104 valence electrons. The van der Waals surface area contributed by atoms with Crippen LogP contribution in [-0.2, 0) is 0 Å². The molecule has 2 N–H and O–H groups in total. The van der Waals surface area contributed by atoms with Crippen molar-refractivity contribution in [2.45, 2.75) is 54.7 Å². The molecule has 2 fully saturated rings. The van der Waals surface area contributed by atoms with E-state index in [1.807, 2.05) is 13.0 Å². The fourth-order valence-corrected chi connectivity index (χ4v) is 3.29. The Hall–Kier alpha value is -1.56. The van der Waals surface area contributed by atoms with Gasteiger partial charge in [0.05, 0.1) is 11.9 Å². The number of nitrogen functional groups attached to an aromatic ring is 1. The first-order valence-electron chi connectivity index (χ1n) is 7.07. The third-order valence-corrected chi connectivity index (χ3v) is 4.76. The van der Waals surface area contributed by atoms with E-state index in [1.165, 1.54) is 31.5 Å². The van der Waals surface area contributed by atoms with Crippen molar-refractivity contribution in [3.63, 3.8) is 0 Å². The lowest BCUT2D eigenvalue weighted by Gasteiger charge is -2.08. The fraction of sp³-hybridized carbons (Fsp3) is 0.500. The van der Waals surface area contributed by atoms with E-state index in [-0.39, 0.29) is 0 Å². The molecular weight excluding hydrogens is 270 g/mol. The van der Waals surface area contributed by atoms with Gasteiger partial charge in [-0.25, -0.2) is 4.98 Å². The largest absolute Gasteiger partial charge is 0.397 e. The average molecular weight is 287 g/mol. The lowest BCUT2D eigenvalue weighted by molar-refractivity contribution is 0.626. The van der Waals surface area contributed by atoms with Crippen molar-refractivity contribution in [1.82, 2.24) is 19.7 Å². The number of nitrogens with zero attached hydrogens (tertiary/aromatic N) is 4. The highest BCUT2D eigenvalue weighted by Crippen LogP contribution is 2.46. The summed E-state index contributed by atoms with van der Waals surface area (Å²) in [6, 6.07) is 2.63. The van der Waals surface area contributed by atoms with E-state index in [1.54, 1.807) is 18.0 Å². The van der Waals surface area contributed by atoms with Gasteiger partial charge in [-0.15, -0.1) is 10.2 Å². The van der Waals surface area contributed by atoms with Gasteiger partial charge in [0.25, 0.3) is 0 Å². The van der Waals surface area contributed by atoms with Gasteiger partial charge in [-0.1, -0.05) is 0 Å². The van der Waals surface area contributed by atoms with Crippen LogP contribution in [0.4, 0.5) is 5.69 Å². The van der Waals surface area contributed by atoms with Gasteiger partial charge in [0.2, 0.25) is 0 Å². The van der Waals surface area contributed by atoms with Crippen LogP contribution in [0.5, 0.6) is 0 Å².